The van der Waals surface area contributed by atoms with Crippen LogP contribution in [0.2, 0.25) is 0 Å². The van der Waals surface area contributed by atoms with Crippen molar-refractivity contribution in [1.82, 2.24) is 10.6 Å². The largest absolute Gasteiger partial charge is 0.442 e. The van der Waals surface area contributed by atoms with Gasteiger partial charge in [-0.3, -0.25) is 14.5 Å². The van der Waals surface area contributed by atoms with Crippen molar-refractivity contribution < 1.29 is 23.5 Å². The number of carbonyl (C=O) groups excluding carboxylic acids is 3. The van der Waals surface area contributed by atoms with Crippen molar-refractivity contribution in [3.05, 3.63) is 53.8 Å². The van der Waals surface area contributed by atoms with E-state index in [0.717, 1.165) is 5.56 Å². The third kappa shape index (κ3) is 5.10. The highest BCUT2D eigenvalue weighted by Gasteiger charge is 2.32. The van der Waals surface area contributed by atoms with Crippen LogP contribution in [0.25, 0.3) is 11.1 Å². The molecule has 0 radical (unpaired) electrons. The van der Waals surface area contributed by atoms with Crippen LogP contribution in [0, 0.1) is 5.82 Å². The third-order valence-electron chi connectivity index (χ3n) is 4.52. The molecule has 1 aliphatic heterocycles. The number of hydrogen-bond acceptors (Lipinski definition) is 4. The summed E-state index contributed by atoms with van der Waals surface area (Å²) < 4.78 is 19.9. The highest BCUT2D eigenvalue weighted by atomic mass is 19.1. The Kier molecular flexibility index (Phi) is 6.11. The second-order valence-corrected chi connectivity index (χ2v) is 6.82. The van der Waals surface area contributed by atoms with E-state index in [1.165, 1.54) is 24.8 Å². The lowest BCUT2D eigenvalue weighted by atomic mass is 10.0. The molecule has 1 heterocycles. The molecular weight excluding hydrogens is 377 g/mol. The summed E-state index contributed by atoms with van der Waals surface area (Å²) in [5, 5.41) is 5.31. The van der Waals surface area contributed by atoms with Crippen LogP contribution in [0.3, 0.4) is 0 Å². The topological polar surface area (TPSA) is 87.7 Å². The number of nitrogens with zero attached hydrogens (tertiary/aromatic N) is 1. The van der Waals surface area contributed by atoms with Crippen molar-refractivity contribution in [3.8, 4) is 11.1 Å². The summed E-state index contributed by atoms with van der Waals surface area (Å²) in [6.07, 6.45) is -1.06. The van der Waals surface area contributed by atoms with E-state index in [1.807, 2.05) is 12.1 Å². The maximum absolute atomic E-state index is 14.7. The molecule has 29 heavy (non-hydrogen) atoms. The normalized spacial score (nSPS) is 15.8. The fourth-order valence-corrected chi connectivity index (χ4v) is 3.03. The van der Waals surface area contributed by atoms with Crippen LogP contribution < -0.4 is 15.5 Å². The summed E-state index contributed by atoms with van der Waals surface area (Å²) in [4.78, 5) is 35.4. The lowest BCUT2D eigenvalue weighted by Crippen LogP contribution is -2.33. The molecule has 0 aliphatic carbocycles. The van der Waals surface area contributed by atoms with Gasteiger partial charge in [-0.25, -0.2) is 9.18 Å². The highest BCUT2D eigenvalue weighted by molar-refractivity contribution is 5.90. The molecule has 3 rings (SSSR count). The SMILES string of the molecule is CC(=O)NCc1ccc(-c2ccc(N3C[C@H](CNC(C)=O)OC3=O)cc2F)cc1. The number of ether oxygens (including phenoxy) is 1. The average Bonchev–Trinajstić information content (AvgIpc) is 3.06. The molecule has 1 fully saturated rings. The molecule has 7 nitrogen and oxygen atoms in total. The second-order valence-electron chi connectivity index (χ2n) is 6.82. The van der Waals surface area contributed by atoms with Crippen molar-refractivity contribution in [3.63, 3.8) is 0 Å². The van der Waals surface area contributed by atoms with Crippen LogP contribution in [0.15, 0.2) is 42.5 Å². The summed E-state index contributed by atoms with van der Waals surface area (Å²) in [5.41, 5.74) is 2.39. The first-order valence-corrected chi connectivity index (χ1v) is 9.19. The molecule has 1 aliphatic rings. The fraction of sp³-hybridized carbons (Fsp3) is 0.286. The molecule has 3 amide bonds. The zero-order chi connectivity index (χ0) is 21.0. The molecule has 1 atom stereocenters. The first kappa shape index (κ1) is 20.3. The molecule has 0 bridgehead atoms. The lowest BCUT2D eigenvalue weighted by molar-refractivity contribution is -0.120. The van der Waals surface area contributed by atoms with Gasteiger partial charge in [0.1, 0.15) is 11.9 Å². The summed E-state index contributed by atoms with van der Waals surface area (Å²) >= 11 is 0. The summed E-state index contributed by atoms with van der Waals surface area (Å²) in [5.74, 6) is -0.788. The van der Waals surface area contributed by atoms with Crippen LogP contribution in [0.5, 0.6) is 0 Å². The van der Waals surface area contributed by atoms with E-state index in [4.69, 9.17) is 4.74 Å². The second kappa shape index (κ2) is 8.72. The van der Waals surface area contributed by atoms with Crippen LogP contribution in [0.4, 0.5) is 14.9 Å². The van der Waals surface area contributed by atoms with E-state index in [0.29, 0.717) is 23.4 Å². The Hall–Kier alpha value is -3.42. The Morgan fingerprint density at radius 2 is 1.79 bits per heavy atom. The van der Waals surface area contributed by atoms with Crippen molar-refractivity contribution >= 4 is 23.6 Å². The standard InChI is InChI=1S/C21H22FN3O4/c1-13(26)23-10-15-3-5-16(6-4-15)19-8-7-17(9-20(19)22)25-12-18(29-21(25)28)11-24-14(2)27/h3-9,18H,10-12H2,1-2H3,(H,23,26)(H,24,27)/t18-/m0/s1. The molecule has 0 saturated carbocycles. The molecule has 1 saturated heterocycles. The highest BCUT2D eigenvalue weighted by Crippen LogP contribution is 2.29. The number of benzene rings is 2. The minimum atomic E-state index is -0.574. The number of cyclic esters (lactones) is 1. The number of rotatable bonds is 6. The Bertz CT molecular complexity index is 930. The van der Waals surface area contributed by atoms with Crippen LogP contribution in [-0.2, 0) is 20.9 Å². The predicted molar refractivity (Wildman–Crippen MR) is 106 cm³/mol. The van der Waals surface area contributed by atoms with Gasteiger partial charge in [-0.05, 0) is 29.3 Å². The van der Waals surface area contributed by atoms with Crippen LogP contribution in [0.1, 0.15) is 19.4 Å². The zero-order valence-corrected chi connectivity index (χ0v) is 16.2. The summed E-state index contributed by atoms with van der Waals surface area (Å²) in [6.45, 7) is 3.69. The molecule has 152 valence electrons. The van der Waals surface area contributed by atoms with Gasteiger partial charge in [0, 0.05) is 26.0 Å². The molecule has 2 aromatic carbocycles. The van der Waals surface area contributed by atoms with Gasteiger partial charge in [0.15, 0.2) is 0 Å². The van der Waals surface area contributed by atoms with E-state index in [1.54, 1.807) is 24.3 Å². The Labute approximate surface area is 167 Å². The molecule has 2 aromatic rings. The summed E-state index contributed by atoms with van der Waals surface area (Å²) in [7, 11) is 0. The minimum absolute atomic E-state index is 0.115. The van der Waals surface area contributed by atoms with Gasteiger partial charge in [-0.1, -0.05) is 24.3 Å². The van der Waals surface area contributed by atoms with Gasteiger partial charge >= 0.3 is 6.09 Å². The van der Waals surface area contributed by atoms with Crippen molar-refractivity contribution in [2.45, 2.75) is 26.5 Å². The van der Waals surface area contributed by atoms with Crippen molar-refractivity contribution in [2.24, 2.45) is 0 Å². The summed E-state index contributed by atoms with van der Waals surface area (Å²) in [6, 6.07) is 11.8. The zero-order valence-electron chi connectivity index (χ0n) is 16.2. The predicted octanol–water partition coefficient (Wildman–Crippen LogP) is 2.59. The quantitative estimate of drug-likeness (QED) is 0.782. The van der Waals surface area contributed by atoms with Gasteiger partial charge in [0.2, 0.25) is 11.8 Å². The number of nitrogens with one attached hydrogen (secondary N) is 2. The van der Waals surface area contributed by atoms with E-state index in [-0.39, 0.29) is 24.9 Å². The molecule has 0 aromatic heterocycles. The fourth-order valence-electron chi connectivity index (χ4n) is 3.03. The minimum Gasteiger partial charge on any atom is -0.442 e. The maximum Gasteiger partial charge on any atom is 0.414 e. The van der Waals surface area contributed by atoms with Gasteiger partial charge in [-0.15, -0.1) is 0 Å². The van der Waals surface area contributed by atoms with Gasteiger partial charge in [0.25, 0.3) is 0 Å². The first-order valence-electron chi connectivity index (χ1n) is 9.19. The van der Waals surface area contributed by atoms with E-state index < -0.39 is 18.0 Å². The number of halogens is 1. The van der Waals surface area contributed by atoms with E-state index in [9.17, 15) is 18.8 Å². The van der Waals surface area contributed by atoms with Crippen LogP contribution in [-0.4, -0.2) is 37.1 Å². The molecule has 0 unspecified atom stereocenters. The Balaban J connectivity index is 1.71. The Morgan fingerprint density at radius 1 is 1.10 bits per heavy atom. The number of amides is 3. The first-order chi connectivity index (χ1) is 13.8. The van der Waals surface area contributed by atoms with Gasteiger partial charge in [0.05, 0.1) is 18.8 Å². The third-order valence-corrected chi connectivity index (χ3v) is 4.52. The average molecular weight is 399 g/mol. The monoisotopic (exact) mass is 399 g/mol. The lowest BCUT2D eigenvalue weighted by Gasteiger charge is -2.15. The maximum atomic E-state index is 14.7. The van der Waals surface area contributed by atoms with E-state index in [2.05, 4.69) is 10.6 Å². The van der Waals surface area contributed by atoms with Gasteiger partial charge < -0.3 is 15.4 Å². The van der Waals surface area contributed by atoms with E-state index >= 15 is 0 Å². The smallest absolute Gasteiger partial charge is 0.414 e. The molecule has 8 heteroatoms. The molecule has 2 N–H and O–H groups in total. The van der Waals surface area contributed by atoms with Crippen molar-refractivity contribution in [2.75, 3.05) is 18.0 Å². The molecule has 0 spiro atoms. The number of anilines is 1. The Morgan fingerprint density at radius 3 is 2.41 bits per heavy atom. The number of hydrogen-bond donors (Lipinski definition) is 2. The van der Waals surface area contributed by atoms with Gasteiger partial charge in [-0.2, -0.15) is 0 Å². The van der Waals surface area contributed by atoms with Crippen molar-refractivity contribution in [1.29, 1.82) is 0 Å². The van der Waals surface area contributed by atoms with Crippen LogP contribution >= 0.6 is 0 Å². The number of carbonyl (C=O) groups is 3. The molecular formula is C21H22FN3O4.